The minimum Gasteiger partial charge on any atom is -0.314 e. The summed E-state index contributed by atoms with van der Waals surface area (Å²) in [5, 5.41) is 3.40. The quantitative estimate of drug-likeness (QED) is 0.572. The summed E-state index contributed by atoms with van der Waals surface area (Å²) in [6.45, 7) is 6.39. The van der Waals surface area contributed by atoms with Gasteiger partial charge in [0.1, 0.15) is 0 Å². The summed E-state index contributed by atoms with van der Waals surface area (Å²) in [5.41, 5.74) is 0. The van der Waals surface area contributed by atoms with Crippen LogP contribution in [0.25, 0.3) is 0 Å². The van der Waals surface area contributed by atoms with Crippen LogP contribution in [0.4, 0.5) is 0 Å². The van der Waals surface area contributed by atoms with Gasteiger partial charge in [0.25, 0.3) is 10.2 Å². The van der Waals surface area contributed by atoms with Gasteiger partial charge in [-0.2, -0.15) is 17.4 Å². The van der Waals surface area contributed by atoms with Gasteiger partial charge in [-0.3, -0.25) is 0 Å². The van der Waals surface area contributed by atoms with Crippen molar-refractivity contribution in [2.24, 2.45) is 0 Å². The summed E-state index contributed by atoms with van der Waals surface area (Å²) in [6, 6.07) is 0.644. The number of rotatable bonds is 10. The molecule has 1 saturated heterocycles. The molecule has 1 unspecified atom stereocenters. The molecule has 2 rings (SSSR count). The second-order valence-electron chi connectivity index (χ2n) is 6.44. The molecule has 0 aromatic rings. The summed E-state index contributed by atoms with van der Waals surface area (Å²) < 4.78 is 28.7. The lowest BCUT2D eigenvalue weighted by Crippen LogP contribution is -2.47. The summed E-state index contributed by atoms with van der Waals surface area (Å²) in [5.74, 6) is 0. The maximum Gasteiger partial charge on any atom is 0.279 e. The van der Waals surface area contributed by atoms with Gasteiger partial charge in [-0.05, 0) is 58.7 Å². The van der Waals surface area contributed by atoms with Gasteiger partial charge in [-0.25, -0.2) is 0 Å². The van der Waals surface area contributed by atoms with E-state index in [4.69, 9.17) is 0 Å². The van der Waals surface area contributed by atoms with E-state index in [2.05, 4.69) is 14.9 Å². The van der Waals surface area contributed by atoms with E-state index in [1.54, 1.807) is 7.05 Å². The molecule has 1 aliphatic heterocycles. The first-order valence-corrected chi connectivity index (χ1v) is 9.61. The molecule has 0 radical (unpaired) electrons. The predicted molar refractivity (Wildman–Crippen MR) is 85.5 cm³/mol. The third kappa shape index (κ3) is 6.20. The van der Waals surface area contributed by atoms with E-state index >= 15 is 0 Å². The number of hydrogen-bond acceptors (Lipinski definition) is 4. The van der Waals surface area contributed by atoms with Gasteiger partial charge in [0.15, 0.2) is 0 Å². The lowest BCUT2D eigenvalue weighted by atomic mass is 10.3. The highest BCUT2D eigenvalue weighted by Gasteiger charge is 2.23. The zero-order chi connectivity index (χ0) is 15.3. The van der Waals surface area contributed by atoms with Crippen molar-refractivity contribution in [2.75, 3.05) is 39.8 Å². The van der Waals surface area contributed by atoms with Crippen molar-refractivity contribution in [1.29, 1.82) is 0 Å². The summed E-state index contributed by atoms with van der Waals surface area (Å²) >= 11 is 0. The summed E-state index contributed by atoms with van der Waals surface area (Å²) in [7, 11) is -1.70. The van der Waals surface area contributed by atoms with E-state index in [1.165, 1.54) is 30.0 Å². The van der Waals surface area contributed by atoms with Crippen molar-refractivity contribution in [1.82, 2.24) is 19.2 Å². The molecule has 7 heteroatoms. The molecule has 1 atom stereocenters. The molecule has 2 fully saturated rings. The Morgan fingerprint density at radius 1 is 1.29 bits per heavy atom. The van der Waals surface area contributed by atoms with Crippen molar-refractivity contribution < 1.29 is 8.42 Å². The molecule has 6 nitrogen and oxygen atoms in total. The fourth-order valence-corrected chi connectivity index (χ4v) is 3.88. The van der Waals surface area contributed by atoms with Gasteiger partial charge in [0, 0.05) is 32.2 Å². The van der Waals surface area contributed by atoms with Crippen molar-refractivity contribution in [3.05, 3.63) is 0 Å². The maximum absolute atomic E-state index is 12.2. The standard InChI is InChI=1S/C14H30N4O2S/c1-13(12-18-10-3-4-11-18)16-21(19,20)17(2)9-5-8-15-14-6-7-14/h13-16H,3-12H2,1-2H3. The van der Waals surface area contributed by atoms with Crippen LogP contribution in [-0.2, 0) is 10.2 Å². The molecular weight excluding hydrogens is 288 g/mol. The normalized spacial score (nSPS) is 22.0. The Balaban J connectivity index is 1.65. The molecule has 2 N–H and O–H groups in total. The minimum atomic E-state index is -3.36. The molecule has 2 aliphatic rings. The van der Waals surface area contributed by atoms with Gasteiger partial charge < -0.3 is 10.2 Å². The van der Waals surface area contributed by atoms with Crippen LogP contribution in [0.15, 0.2) is 0 Å². The molecule has 0 spiro atoms. The second kappa shape index (κ2) is 7.87. The van der Waals surface area contributed by atoms with Crippen molar-refractivity contribution in [3.63, 3.8) is 0 Å². The highest BCUT2D eigenvalue weighted by atomic mass is 32.2. The third-order valence-corrected chi connectivity index (χ3v) is 5.85. The maximum atomic E-state index is 12.2. The molecule has 0 aromatic heterocycles. The molecule has 0 bridgehead atoms. The smallest absolute Gasteiger partial charge is 0.279 e. The van der Waals surface area contributed by atoms with Gasteiger partial charge >= 0.3 is 0 Å². The Bertz CT molecular complexity index is 405. The Morgan fingerprint density at radius 2 is 1.95 bits per heavy atom. The highest BCUT2D eigenvalue weighted by Crippen LogP contribution is 2.18. The van der Waals surface area contributed by atoms with Crippen LogP contribution in [0.1, 0.15) is 39.0 Å². The first-order chi connectivity index (χ1) is 9.97. The fraction of sp³-hybridized carbons (Fsp3) is 1.00. The van der Waals surface area contributed by atoms with Crippen molar-refractivity contribution in [3.8, 4) is 0 Å². The van der Waals surface area contributed by atoms with Gasteiger partial charge in [0.05, 0.1) is 0 Å². The average Bonchev–Trinajstić information content (AvgIpc) is 3.10. The molecule has 0 aromatic carbocycles. The topological polar surface area (TPSA) is 64.7 Å². The van der Waals surface area contributed by atoms with E-state index in [0.717, 1.165) is 32.6 Å². The fourth-order valence-electron chi connectivity index (χ4n) is 2.75. The third-order valence-electron chi connectivity index (χ3n) is 4.15. The average molecular weight is 318 g/mol. The number of nitrogens with one attached hydrogen (secondary N) is 2. The monoisotopic (exact) mass is 318 g/mol. The number of nitrogens with zero attached hydrogens (tertiary/aromatic N) is 2. The van der Waals surface area contributed by atoms with Crippen LogP contribution in [0.2, 0.25) is 0 Å². The Morgan fingerprint density at radius 3 is 2.57 bits per heavy atom. The van der Waals surface area contributed by atoms with E-state index in [0.29, 0.717) is 12.6 Å². The van der Waals surface area contributed by atoms with E-state index in [9.17, 15) is 8.42 Å². The van der Waals surface area contributed by atoms with Gasteiger partial charge in [-0.15, -0.1) is 0 Å². The van der Waals surface area contributed by atoms with Crippen LogP contribution in [0.5, 0.6) is 0 Å². The van der Waals surface area contributed by atoms with Crippen molar-refractivity contribution >= 4 is 10.2 Å². The molecule has 21 heavy (non-hydrogen) atoms. The van der Waals surface area contributed by atoms with Crippen LogP contribution in [0, 0.1) is 0 Å². The van der Waals surface area contributed by atoms with Crippen LogP contribution in [0.3, 0.4) is 0 Å². The van der Waals surface area contributed by atoms with Crippen LogP contribution >= 0.6 is 0 Å². The van der Waals surface area contributed by atoms with E-state index < -0.39 is 10.2 Å². The van der Waals surface area contributed by atoms with Crippen LogP contribution < -0.4 is 10.0 Å². The van der Waals surface area contributed by atoms with E-state index in [1.807, 2.05) is 6.92 Å². The Kier molecular flexibility index (Phi) is 6.43. The lowest BCUT2D eigenvalue weighted by Gasteiger charge is -2.24. The highest BCUT2D eigenvalue weighted by molar-refractivity contribution is 7.87. The Labute approximate surface area is 129 Å². The molecule has 124 valence electrons. The van der Waals surface area contributed by atoms with Gasteiger partial charge in [0.2, 0.25) is 0 Å². The molecule has 1 aliphatic carbocycles. The number of hydrogen-bond donors (Lipinski definition) is 2. The van der Waals surface area contributed by atoms with E-state index in [-0.39, 0.29) is 6.04 Å². The molecule has 0 amide bonds. The molecule has 1 heterocycles. The summed E-state index contributed by atoms with van der Waals surface area (Å²) in [6.07, 6.45) is 5.85. The molecular formula is C14H30N4O2S. The largest absolute Gasteiger partial charge is 0.314 e. The predicted octanol–water partition coefficient (Wildman–Crippen LogP) is 0.379. The number of likely N-dealkylation sites (tertiary alicyclic amines) is 1. The minimum absolute atomic E-state index is 0.0415. The second-order valence-corrected chi connectivity index (χ2v) is 8.24. The first kappa shape index (κ1) is 17.1. The SMILES string of the molecule is CC(CN1CCCC1)NS(=O)(=O)N(C)CCCNC1CC1. The van der Waals surface area contributed by atoms with Crippen LogP contribution in [-0.4, -0.2) is 69.5 Å². The first-order valence-electron chi connectivity index (χ1n) is 8.17. The Hall–Kier alpha value is -0.210. The summed E-state index contributed by atoms with van der Waals surface area (Å²) in [4.78, 5) is 2.33. The molecule has 1 saturated carbocycles. The zero-order valence-electron chi connectivity index (χ0n) is 13.3. The lowest BCUT2D eigenvalue weighted by molar-refractivity contribution is 0.309. The van der Waals surface area contributed by atoms with Crippen molar-refractivity contribution in [2.45, 2.75) is 51.1 Å². The zero-order valence-corrected chi connectivity index (χ0v) is 14.2. The van der Waals surface area contributed by atoms with Gasteiger partial charge in [-0.1, -0.05) is 0 Å².